The molecule has 5 nitrogen and oxygen atoms in total. The van der Waals surface area contributed by atoms with E-state index in [0.717, 1.165) is 24.3 Å². The molecule has 1 amide bonds. The van der Waals surface area contributed by atoms with Crippen LogP contribution in [-0.4, -0.2) is 39.3 Å². The summed E-state index contributed by atoms with van der Waals surface area (Å²) < 4.78 is 10.6. The van der Waals surface area contributed by atoms with Gasteiger partial charge >= 0.3 is 0 Å². The molecule has 0 radical (unpaired) electrons. The highest BCUT2D eigenvalue weighted by atomic mass is 16.5. The molecule has 0 unspecified atom stereocenters. The minimum absolute atomic E-state index is 0.0257. The fourth-order valence-corrected chi connectivity index (χ4v) is 1.80. The van der Waals surface area contributed by atoms with Crippen LogP contribution in [0.2, 0.25) is 0 Å². The Kier molecular flexibility index (Phi) is 9.07. The number of rotatable bonds is 11. The van der Waals surface area contributed by atoms with Gasteiger partial charge in [0.25, 0.3) is 0 Å². The zero-order valence-electron chi connectivity index (χ0n) is 13.9. The third-order valence-corrected chi connectivity index (χ3v) is 3.10. The maximum atomic E-state index is 11.7. The zero-order chi connectivity index (χ0) is 16.2. The molecular weight excluding hydrogens is 280 g/mol. The Bertz CT molecular complexity index is 436. The average molecular weight is 308 g/mol. The van der Waals surface area contributed by atoms with Crippen molar-refractivity contribution in [2.75, 3.05) is 38.7 Å². The summed E-state index contributed by atoms with van der Waals surface area (Å²) in [5.74, 6) is 1.43. The van der Waals surface area contributed by atoms with Crippen LogP contribution in [-0.2, 0) is 9.53 Å². The van der Waals surface area contributed by atoms with Gasteiger partial charge in [-0.25, -0.2) is 0 Å². The lowest BCUT2D eigenvalue weighted by molar-refractivity contribution is -0.119. The van der Waals surface area contributed by atoms with Crippen molar-refractivity contribution in [1.82, 2.24) is 5.32 Å². The van der Waals surface area contributed by atoms with E-state index in [1.54, 1.807) is 7.11 Å². The summed E-state index contributed by atoms with van der Waals surface area (Å²) in [6, 6.07) is 7.69. The lowest BCUT2D eigenvalue weighted by Gasteiger charge is -2.11. The standard InChI is InChI=1S/C17H28N2O3/c1-14(2)8-11-22-16-7-4-6-15(12-16)19-13-17(20)18-9-5-10-21-3/h4,6-7,12,14,19H,5,8-11,13H2,1-3H3,(H,18,20). The summed E-state index contributed by atoms with van der Waals surface area (Å²) in [6.07, 6.45) is 1.85. The minimum atomic E-state index is -0.0257. The second kappa shape index (κ2) is 10.9. The first-order chi connectivity index (χ1) is 10.6. The number of benzene rings is 1. The monoisotopic (exact) mass is 308 g/mol. The highest BCUT2D eigenvalue weighted by Gasteiger charge is 2.02. The molecule has 0 heterocycles. The van der Waals surface area contributed by atoms with Crippen LogP contribution in [0.1, 0.15) is 26.7 Å². The zero-order valence-corrected chi connectivity index (χ0v) is 13.9. The molecule has 0 spiro atoms. The van der Waals surface area contributed by atoms with E-state index in [1.807, 2.05) is 24.3 Å². The van der Waals surface area contributed by atoms with E-state index in [9.17, 15) is 4.79 Å². The van der Waals surface area contributed by atoms with Crippen molar-refractivity contribution in [3.05, 3.63) is 24.3 Å². The van der Waals surface area contributed by atoms with Crippen LogP contribution in [0.3, 0.4) is 0 Å². The summed E-state index contributed by atoms with van der Waals surface area (Å²) in [6.45, 7) is 6.60. The van der Waals surface area contributed by atoms with E-state index in [-0.39, 0.29) is 12.5 Å². The number of methoxy groups -OCH3 is 1. The van der Waals surface area contributed by atoms with E-state index >= 15 is 0 Å². The number of ether oxygens (including phenoxy) is 2. The fourth-order valence-electron chi connectivity index (χ4n) is 1.80. The minimum Gasteiger partial charge on any atom is -0.494 e. The molecule has 0 aliphatic carbocycles. The molecule has 1 rings (SSSR count). The predicted octanol–water partition coefficient (Wildman–Crippen LogP) is 2.68. The second-order valence-electron chi connectivity index (χ2n) is 5.61. The number of nitrogens with one attached hydrogen (secondary N) is 2. The summed E-state index contributed by atoms with van der Waals surface area (Å²) in [7, 11) is 1.65. The van der Waals surface area contributed by atoms with Gasteiger partial charge in [0.05, 0.1) is 13.2 Å². The summed E-state index contributed by atoms with van der Waals surface area (Å²) >= 11 is 0. The van der Waals surface area contributed by atoms with Gasteiger partial charge < -0.3 is 20.1 Å². The van der Waals surface area contributed by atoms with Crippen LogP contribution in [0.25, 0.3) is 0 Å². The van der Waals surface area contributed by atoms with Gasteiger partial charge in [0.2, 0.25) is 5.91 Å². The van der Waals surface area contributed by atoms with Gasteiger partial charge in [-0.2, -0.15) is 0 Å². The molecule has 0 aromatic heterocycles. The Balaban J connectivity index is 2.28. The number of hydrogen-bond acceptors (Lipinski definition) is 4. The van der Waals surface area contributed by atoms with Gasteiger partial charge in [-0.05, 0) is 30.9 Å². The fraction of sp³-hybridized carbons (Fsp3) is 0.588. The van der Waals surface area contributed by atoms with Gasteiger partial charge in [0.1, 0.15) is 5.75 Å². The summed E-state index contributed by atoms with van der Waals surface area (Å²) in [5, 5.41) is 5.94. The Morgan fingerprint density at radius 2 is 2.09 bits per heavy atom. The third kappa shape index (κ3) is 8.52. The Hall–Kier alpha value is -1.75. The lowest BCUT2D eigenvalue weighted by Crippen LogP contribution is -2.31. The SMILES string of the molecule is COCCCNC(=O)CNc1cccc(OCCC(C)C)c1. The molecule has 124 valence electrons. The normalized spacial score (nSPS) is 10.5. The lowest BCUT2D eigenvalue weighted by atomic mass is 10.1. The smallest absolute Gasteiger partial charge is 0.239 e. The average Bonchev–Trinajstić information content (AvgIpc) is 2.50. The van der Waals surface area contributed by atoms with E-state index in [2.05, 4.69) is 24.5 Å². The van der Waals surface area contributed by atoms with Gasteiger partial charge in [-0.3, -0.25) is 4.79 Å². The Morgan fingerprint density at radius 3 is 2.82 bits per heavy atom. The van der Waals surface area contributed by atoms with Gasteiger partial charge in [0.15, 0.2) is 0 Å². The molecule has 0 bridgehead atoms. The second-order valence-corrected chi connectivity index (χ2v) is 5.61. The molecule has 22 heavy (non-hydrogen) atoms. The van der Waals surface area contributed by atoms with Gasteiger partial charge in [0, 0.05) is 32.0 Å². The largest absolute Gasteiger partial charge is 0.494 e. The first-order valence-electron chi connectivity index (χ1n) is 7.84. The molecule has 0 saturated heterocycles. The highest BCUT2D eigenvalue weighted by molar-refractivity contribution is 5.80. The van der Waals surface area contributed by atoms with E-state index in [4.69, 9.17) is 9.47 Å². The topological polar surface area (TPSA) is 59.6 Å². The van der Waals surface area contributed by atoms with Crippen molar-refractivity contribution >= 4 is 11.6 Å². The molecule has 0 fully saturated rings. The summed E-state index contributed by atoms with van der Waals surface area (Å²) in [5.41, 5.74) is 0.883. The predicted molar refractivity (Wildman–Crippen MR) is 89.4 cm³/mol. The van der Waals surface area contributed by atoms with E-state index in [1.165, 1.54) is 0 Å². The van der Waals surface area contributed by atoms with Crippen molar-refractivity contribution in [1.29, 1.82) is 0 Å². The molecule has 2 N–H and O–H groups in total. The number of amides is 1. The Morgan fingerprint density at radius 1 is 1.27 bits per heavy atom. The van der Waals surface area contributed by atoms with Crippen LogP contribution < -0.4 is 15.4 Å². The van der Waals surface area contributed by atoms with Crippen LogP contribution in [0.15, 0.2) is 24.3 Å². The third-order valence-electron chi connectivity index (χ3n) is 3.10. The van der Waals surface area contributed by atoms with Crippen LogP contribution >= 0.6 is 0 Å². The molecule has 0 saturated carbocycles. The molecular formula is C17H28N2O3. The number of carbonyl (C=O) groups excluding carboxylic acids is 1. The van der Waals surface area contributed by atoms with Crippen LogP contribution in [0.5, 0.6) is 5.75 Å². The van der Waals surface area contributed by atoms with Crippen molar-refractivity contribution in [3.8, 4) is 5.75 Å². The van der Waals surface area contributed by atoms with Crippen LogP contribution in [0.4, 0.5) is 5.69 Å². The first kappa shape index (κ1) is 18.3. The molecule has 0 aliphatic rings. The summed E-state index contributed by atoms with van der Waals surface area (Å²) in [4.78, 5) is 11.7. The number of carbonyl (C=O) groups is 1. The van der Waals surface area contributed by atoms with Crippen LogP contribution in [0, 0.1) is 5.92 Å². The molecule has 5 heteroatoms. The molecule has 1 aromatic rings. The van der Waals surface area contributed by atoms with Crippen molar-refractivity contribution in [2.24, 2.45) is 5.92 Å². The van der Waals surface area contributed by atoms with Crippen molar-refractivity contribution in [3.63, 3.8) is 0 Å². The molecule has 0 atom stereocenters. The van der Waals surface area contributed by atoms with E-state index < -0.39 is 0 Å². The highest BCUT2D eigenvalue weighted by Crippen LogP contribution is 2.17. The maximum absolute atomic E-state index is 11.7. The van der Waals surface area contributed by atoms with Gasteiger partial charge in [-0.15, -0.1) is 0 Å². The van der Waals surface area contributed by atoms with Gasteiger partial charge in [-0.1, -0.05) is 19.9 Å². The number of anilines is 1. The first-order valence-corrected chi connectivity index (χ1v) is 7.84. The maximum Gasteiger partial charge on any atom is 0.239 e. The van der Waals surface area contributed by atoms with Crippen molar-refractivity contribution in [2.45, 2.75) is 26.7 Å². The molecule has 1 aromatic carbocycles. The van der Waals surface area contributed by atoms with E-state index in [0.29, 0.717) is 25.7 Å². The Labute approximate surface area is 133 Å². The number of hydrogen-bond donors (Lipinski definition) is 2. The molecule has 0 aliphatic heterocycles. The quantitative estimate of drug-likeness (QED) is 0.617. The van der Waals surface area contributed by atoms with Crippen molar-refractivity contribution < 1.29 is 14.3 Å².